The fraction of sp³-hybridized carbons (Fsp3) is 0.647. The van der Waals surface area contributed by atoms with Crippen molar-refractivity contribution in [2.24, 2.45) is 5.92 Å². The van der Waals surface area contributed by atoms with E-state index in [9.17, 15) is 0 Å². The summed E-state index contributed by atoms with van der Waals surface area (Å²) in [6.45, 7) is 8.88. The van der Waals surface area contributed by atoms with Crippen molar-refractivity contribution in [1.29, 1.82) is 0 Å². The van der Waals surface area contributed by atoms with Crippen LogP contribution in [0.4, 0.5) is 0 Å². The Labute approximate surface area is 128 Å². The van der Waals surface area contributed by atoms with E-state index in [0.717, 1.165) is 18.9 Å². The fourth-order valence-electron chi connectivity index (χ4n) is 2.89. The van der Waals surface area contributed by atoms with Crippen molar-refractivity contribution in [3.8, 4) is 0 Å². The summed E-state index contributed by atoms with van der Waals surface area (Å²) >= 11 is 1.50. The van der Waals surface area contributed by atoms with Gasteiger partial charge in [-0.15, -0.1) is 0 Å². The molecule has 0 aromatic heterocycles. The van der Waals surface area contributed by atoms with Crippen LogP contribution < -0.4 is 0 Å². The number of hydrogen-bond acceptors (Lipinski definition) is 3. The Morgan fingerprint density at radius 1 is 1.30 bits per heavy atom. The van der Waals surface area contributed by atoms with Crippen LogP contribution in [-0.4, -0.2) is 30.6 Å². The van der Waals surface area contributed by atoms with Crippen LogP contribution in [0.1, 0.15) is 38.7 Å². The van der Waals surface area contributed by atoms with Crippen LogP contribution in [-0.2, 0) is 4.18 Å². The lowest BCUT2D eigenvalue weighted by Crippen LogP contribution is -2.34. The Hall–Kier alpha value is -0.510. The van der Waals surface area contributed by atoms with Gasteiger partial charge in [0.15, 0.2) is 0 Å². The topological polar surface area (TPSA) is 12.5 Å². The van der Waals surface area contributed by atoms with Gasteiger partial charge in [0.05, 0.1) is 6.61 Å². The summed E-state index contributed by atoms with van der Waals surface area (Å²) < 4.78 is 5.70. The maximum absolute atomic E-state index is 5.70. The van der Waals surface area contributed by atoms with Gasteiger partial charge in [0, 0.05) is 29.0 Å². The summed E-state index contributed by atoms with van der Waals surface area (Å²) in [4.78, 5) is 3.68. The van der Waals surface area contributed by atoms with Crippen LogP contribution in [0.5, 0.6) is 0 Å². The maximum Gasteiger partial charge on any atom is 0.0618 e. The smallest absolute Gasteiger partial charge is 0.0618 e. The number of nitrogens with zero attached hydrogens (tertiary/aromatic N) is 1. The SMILES string of the molecule is Cc1ccc(SOCCCC2CN(C)C(C)(C)C2)cc1. The van der Waals surface area contributed by atoms with Crippen LogP contribution in [0, 0.1) is 12.8 Å². The van der Waals surface area contributed by atoms with E-state index in [1.807, 2.05) is 0 Å². The first-order valence-electron chi connectivity index (χ1n) is 7.55. The zero-order valence-electron chi connectivity index (χ0n) is 13.2. The molecule has 1 saturated heterocycles. The van der Waals surface area contributed by atoms with Crippen molar-refractivity contribution in [3.05, 3.63) is 29.8 Å². The molecule has 1 unspecified atom stereocenters. The van der Waals surface area contributed by atoms with E-state index >= 15 is 0 Å². The Balaban J connectivity index is 1.59. The molecule has 1 aliphatic rings. The van der Waals surface area contributed by atoms with E-state index in [1.165, 1.54) is 41.9 Å². The van der Waals surface area contributed by atoms with Gasteiger partial charge in [0.1, 0.15) is 0 Å². The molecule has 2 rings (SSSR count). The highest BCUT2D eigenvalue weighted by Gasteiger charge is 2.35. The molecule has 112 valence electrons. The Kier molecular flexibility index (Phi) is 5.53. The Morgan fingerprint density at radius 3 is 2.60 bits per heavy atom. The third kappa shape index (κ3) is 4.51. The average molecular weight is 293 g/mol. The van der Waals surface area contributed by atoms with Crippen LogP contribution in [0.3, 0.4) is 0 Å². The van der Waals surface area contributed by atoms with E-state index in [1.54, 1.807) is 0 Å². The molecule has 0 N–H and O–H groups in total. The number of rotatable bonds is 6. The van der Waals surface area contributed by atoms with Gasteiger partial charge in [-0.2, -0.15) is 0 Å². The summed E-state index contributed by atoms with van der Waals surface area (Å²) in [5.74, 6) is 0.836. The summed E-state index contributed by atoms with van der Waals surface area (Å²) in [6, 6.07) is 8.49. The van der Waals surface area contributed by atoms with Crippen LogP contribution in [0.25, 0.3) is 0 Å². The molecule has 1 aromatic rings. The standard InChI is InChI=1S/C17H27NOS/c1-14-7-9-16(10-8-14)20-19-11-5-6-15-12-17(2,3)18(4)13-15/h7-10,15H,5-6,11-13H2,1-4H3. The second-order valence-electron chi connectivity index (χ2n) is 6.62. The van der Waals surface area contributed by atoms with Gasteiger partial charge in [0.25, 0.3) is 0 Å². The summed E-state index contributed by atoms with van der Waals surface area (Å²) in [7, 11) is 2.24. The first kappa shape index (κ1) is 15.9. The number of hydrogen-bond donors (Lipinski definition) is 0. The minimum Gasteiger partial charge on any atom is -0.310 e. The summed E-state index contributed by atoms with van der Waals surface area (Å²) in [5, 5.41) is 0. The predicted molar refractivity (Wildman–Crippen MR) is 87.0 cm³/mol. The van der Waals surface area contributed by atoms with E-state index in [-0.39, 0.29) is 0 Å². The maximum atomic E-state index is 5.70. The first-order valence-corrected chi connectivity index (χ1v) is 8.29. The molecule has 1 heterocycles. The van der Waals surface area contributed by atoms with Gasteiger partial charge in [-0.05, 0) is 65.1 Å². The summed E-state index contributed by atoms with van der Waals surface area (Å²) in [6.07, 6.45) is 3.75. The predicted octanol–water partition coefficient (Wildman–Crippen LogP) is 4.53. The molecule has 0 aliphatic carbocycles. The zero-order chi connectivity index (χ0) is 14.6. The lowest BCUT2D eigenvalue weighted by Gasteiger charge is -2.26. The summed E-state index contributed by atoms with van der Waals surface area (Å²) in [5.41, 5.74) is 1.67. The average Bonchev–Trinajstić information content (AvgIpc) is 2.65. The van der Waals surface area contributed by atoms with Crippen molar-refractivity contribution in [2.75, 3.05) is 20.2 Å². The second kappa shape index (κ2) is 6.97. The normalized spacial score (nSPS) is 22.3. The van der Waals surface area contributed by atoms with Gasteiger partial charge < -0.3 is 9.08 Å². The van der Waals surface area contributed by atoms with E-state index in [0.29, 0.717) is 5.54 Å². The number of likely N-dealkylation sites (tertiary alicyclic amines) is 1. The third-order valence-corrected chi connectivity index (χ3v) is 5.12. The van der Waals surface area contributed by atoms with Crippen molar-refractivity contribution in [1.82, 2.24) is 4.90 Å². The van der Waals surface area contributed by atoms with Gasteiger partial charge in [-0.3, -0.25) is 0 Å². The van der Waals surface area contributed by atoms with Crippen molar-refractivity contribution in [2.45, 2.75) is 50.5 Å². The molecule has 0 radical (unpaired) electrons. The minimum absolute atomic E-state index is 0.377. The lowest BCUT2D eigenvalue weighted by atomic mass is 9.94. The van der Waals surface area contributed by atoms with Crippen LogP contribution >= 0.6 is 12.0 Å². The highest BCUT2D eigenvalue weighted by atomic mass is 32.2. The van der Waals surface area contributed by atoms with Gasteiger partial charge >= 0.3 is 0 Å². The third-order valence-electron chi connectivity index (χ3n) is 4.37. The monoisotopic (exact) mass is 293 g/mol. The highest BCUT2D eigenvalue weighted by molar-refractivity contribution is 7.94. The van der Waals surface area contributed by atoms with Crippen LogP contribution in [0.15, 0.2) is 29.2 Å². The first-order chi connectivity index (χ1) is 9.47. The van der Waals surface area contributed by atoms with Gasteiger partial charge in [-0.1, -0.05) is 17.7 Å². The molecule has 1 fully saturated rings. The molecule has 0 amide bonds. The molecule has 0 spiro atoms. The molecular formula is C17H27NOS. The minimum atomic E-state index is 0.377. The quantitative estimate of drug-likeness (QED) is 0.565. The number of aryl methyl sites for hydroxylation is 1. The largest absolute Gasteiger partial charge is 0.310 e. The molecule has 0 bridgehead atoms. The molecular weight excluding hydrogens is 266 g/mol. The fourth-order valence-corrected chi connectivity index (χ4v) is 3.47. The van der Waals surface area contributed by atoms with Gasteiger partial charge in [-0.25, -0.2) is 0 Å². The van der Waals surface area contributed by atoms with Crippen molar-refractivity contribution in [3.63, 3.8) is 0 Å². The zero-order valence-corrected chi connectivity index (χ0v) is 14.0. The molecule has 0 saturated carbocycles. The van der Waals surface area contributed by atoms with Crippen LogP contribution in [0.2, 0.25) is 0 Å². The van der Waals surface area contributed by atoms with E-state index < -0.39 is 0 Å². The molecule has 1 aliphatic heterocycles. The van der Waals surface area contributed by atoms with Gasteiger partial charge in [0.2, 0.25) is 0 Å². The Morgan fingerprint density at radius 2 is 2.00 bits per heavy atom. The molecule has 2 nitrogen and oxygen atoms in total. The van der Waals surface area contributed by atoms with E-state index in [2.05, 4.69) is 57.0 Å². The second-order valence-corrected chi connectivity index (χ2v) is 7.50. The molecule has 3 heteroatoms. The molecule has 20 heavy (non-hydrogen) atoms. The lowest BCUT2D eigenvalue weighted by molar-refractivity contribution is 0.218. The van der Waals surface area contributed by atoms with Crippen molar-refractivity contribution < 1.29 is 4.18 Å². The Bertz CT molecular complexity index is 416. The van der Waals surface area contributed by atoms with Crippen molar-refractivity contribution >= 4 is 12.0 Å². The molecule has 1 atom stereocenters. The highest BCUT2D eigenvalue weighted by Crippen LogP contribution is 2.33. The molecule has 1 aromatic carbocycles. The number of benzene rings is 1. The van der Waals surface area contributed by atoms with E-state index in [4.69, 9.17) is 4.18 Å².